The Morgan fingerprint density at radius 1 is 1.39 bits per heavy atom. The molecule has 0 aliphatic carbocycles. The minimum Gasteiger partial charge on any atom is -0.464 e. The van der Waals surface area contributed by atoms with E-state index in [0.717, 1.165) is 39.9 Å². The van der Waals surface area contributed by atoms with Gasteiger partial charge < -0.3 is 9.73 Å². The van der Waals surface area contributed by atoms with Gasteiger partial charge in [0.2, 0.25) is 0 Å². The Kier molecular flexibility index (Phi) is 4.49. The summed E-state index contributed by atoms with van der Waals surface area (Å²) in [6.45, 7) is 7.09. The lowest BCUT2D eigenvalue weighted by molar-refractivity contribution is 0.428. The van der Waals surface area contributed by atoms with Crippen molar-refractivity contribution < 1.29 is 4.42 Å². The Hall–Kier alpha value is -0.770. The number of thiophene rings is 1. The molecule has 0 aromatic carbocycles. The number of halogens is 1. The van der Waals surface area contributed by atoms with E-state index in [0.29, 0.717) is 0 Å². The van der Waals surface area contributed by atoms with E-state index < -0.39 is 0 Å². The van der Waals surface area contributed by atoms with Crippen LogP contribution in [-0.4, -0.2) is 6.54 Å². The topological polar surface area (TPSA) is 25.2 Å². The van der Waals surface area contributed by atoms with Crippen LogP contribution >= 0.6 is 22.9 Å². The van der Waals surface area contributed by atoms with Crippen LogP contribution in [0.15, 0.2) is 21.9 Å². The molecule has 2 aromatic heterocycles. The SMILES string of the molecule is CCNC(c1ccc(CC)o1)c1scc(C)c1Cl. The number of rotatable bonds is 5. The quantitative estimate of drug-likeness (QED) is 0.870. The number of aryl methyl sites for hydroxylation is 2. The van der Waals surface area contributed by atoms with Gasteiger partial charge in [0.25, 0.3) is 0 Å². The minimum atomic E-state index is 0.0569. The van der Waals surface area contributed by atoms with Crippen molar-refractivity contribution in [3.8, 4) is 0 Å². The van der Waals surface area contributed by atoms with Crippen molar-refractivity contribution in [2.75, 3.05) is 6.54 Å². The summed E-state index contributed by atoms with van der Waals surface area (Å²) < 4.78 is 5.85. The van der Waals surface area contributed by atoms with Gasteiger partial charge in [-0.15, -0.1) is 11.3 Å². The highest BCUT2D eigenvalue weighted by molar-refractivity contribution is 7.10. The highest BCUT2D eigenvalue weighted by Crippen LogP contribution is 2.36. The van der Waals surface area contributed by atoms with Crippen molar-refractivity contribution in [3.63, 3.8) is 0 Å². The van der Waals surface area contributed by atoms with Crippen molar-refractivity contribution in [1.29, 1.82) is 0 Å². The summed E-state index contributed by atoms with van der Waals surface area (Å²) in [4.78, 5) is 1.13. The molecule has 1 atom stereocenters. The Morgan fingerprint density at radius 2 is 2.17 bits per heavy atom. The van der Waals surface area contributed by atoms with E-state index in [1.807, 2.05) is 19.1 Å². The van der Waals surface area contributed by atoms with E-state index >= 15 is 0 Å². The monoisotopic (exact) mass is 283 g/mol. The summed E-state index contributed by atoms with van der Waals surface area (Å²) in [6.07, 6.45) is 0.913. The molecule has 0 saturated carbocycles. The lowest BCUT2D eigenvalue weighted by atomic mass is 10.1. The maximum atomic E-state index is 6.36. The second-order valence-corrected chi connectivity index (χ2v) is 5.53. The Labute approximate surface area is 117 Å². The van der Waals surface area contributed by atoms with E-state index in [1.54, 1.807) is 11.3 Å². The Balaban J connectivity index is 2.36. The molecule has 0 spiro atoms. The van der Waals surface area contributed by atoms with Crippen LogP contribution < -0.4 is 5.32 Å². The molecule has 0 radical (unpaired) electrons. The van der Waals surface area contributed by atoms with Crippen molar-refractivity contribution >= 4 is 22.9 Å². The molecule has 0 fully saturated rings. The average molecular weight is 284 g/mol. The molecule has 0 saturated heterocycles. The lowest BCUT2D eigenvalue weighted by Gasteiger charge is -2.14. The summed E-state index contributed by atoms with van der Waals surface area (Å²) >= 11 is 8.04. The molecule has 2 nitrogen and oxygen atoms in total. The fourth-order valence-electron chi connectivity index (χ4n) is 1.91. The minimum absolute atomic E-state index is 0.0569. The first-order valence-electron chi connectivity index (χ1n) is 6.22. The Bertz CT molecular complexity index is 518. The molecule has 2 aromatic rings. The van der Waals surface area contributed by atoms with Gasteiger partial charge >= 0.3 is 0 Å². The predicted molar refractivity (Wildman–Crippen MR) is 77.7 cm³/mol. The molecule has 4 heteroatoms. The summed E-state index contributed by atoms with van der Waals surface area (Å²) in [5.74, 6) is 1.95. The zero-order valence-corrected chi connectivity index (χ0v) is 12.5. The van der Waals surface area contributed by atoms with Crippen LogP contribution in [-0.2, 0) is 6.42 Å². The van der Waals surface area contributed by atoms with Gasteiger partial charge in [0.1, 0.15) is 17.6 Å². The van der Waals surface area contributed by atoms with Gasteiger partial charge in [0.15, 0.2) is 0 Å². The van der Waals surface area contributed by atoms with Gasteiger partial charge in [-0.05, 0) is 36.5 Å². The van der Waals surface area contributed by atoms with Gasteiger partial charge in [-0.1, -0.05) is 25.4 Å². The third kappa shape index (κ3) is 2.63. The zero-order chi connectivity index (χ0) is 13.1. The van der Waals surface area contributed by atoms with E-state index in [9.17, 15) is 0 Å². The molecule has 1 N–H and O–H groups in total. The first-order chi connectivity index (χ1) is 8.67. The number of nitrogens with one attached hydrogen (secondary N) is 1. The van der Waals surface area contributed by atoms with Gasteiger partial charge in [0.05, 0.1) is 5.02 Å². The molecule has 0 bridgehead atoms. The highest BCUT2D eigenvalue weighted by Gasteiger charge is 2.22. The van der Waals surface area contributed by atoms with Crippen LogP contribution in [0.4, 0.5) is 0 Å². The van der Waals surface area contributed by atoms with Crippen molar-refractivity contribution in [2.24, 2.45) is 0 Å². The van der Waals surface area contributed by atoms with Crippen LogP contribution in [0.25, 0.3) is 0 Å². The zero-order valence-electron chi connectivity index (χ0n) is 10.9. The van der Waals surface area contributed by atoms with Gasteiger partial charge in [-0.3, -0.25) is 0 Å². The summed E-state index contributed by atoms with van der Waals surface area (Å²) in [6, 6.07) is 4.13. The summed E-state index contributed by atoms with van der Waals surface area (Å²) in [5, 5.41) is 6.38. The van der Waals surface area contributed by atoms with E-state index in [4.69, 9.17) is 16.0 Å². The van der Waals surface area contributed by atoms with Crippen molar-refractivity contribution in [1.82, 2.24) is 5.32 Å². The standard InChI is InChI=1S/C14H18ClNOS/c1-4-10-6-7-11(17-10)13(16-5-2)14-12(15)9(3)8-18-14/h6-8,13,16H,4-5H2,1-3H3. The summed E-state index contributed by atoms with van der Waals surface area (Å²) in [5.41, 5.74) is 1.13. The molecule has 0 amide bonds. The third-order valence-electron chi connectivity index (χ3n) is 2.91. The molecule has 18 heavy (non-hydrogen) atoms. The molecule has 2 heterocycles. The van der Waals surface area contributed by atoms with E-state index in [2.05, 4.69) is 24.5 Å². The first kappa shape index (κ1) is 13.7. The van der Waals surface area contributed by atoms with Gasteiger partial charge in [-0.25, -0.2) is 0 Å². The van der Waals surface area contributed by atoms with Crippen LogP contribution in [0.2, 0.25) is 5.02 Å². The fraction of sp³-hybridized carbons (Fsp3) is 0.429. The molecule has 1 unspecified atom stereocenters. The van der Waals surface area contributed by atoms with Crippen molar-refractivity contribution in [2.45, 2.75) is 33.2 Å². The van der Waals surface area contributed by atoms with Crippen LogP contribution in [0.5, 0.6) is 0 Å². The van der Waals surface area contributed by atoms with Crippen LogP contribution in [0.1, 0.15) is 41.9 Å². The molecular formula is C14H18ClNOS. The van der Waals surface area contributed by atoms with Gasteiger partial charge in [-0.2, -0.15) is 0 Å². The van der Waals surface area contributed by atoms with E-state index in [1.165, 1.54) is 0 Å². The second kappa shape index (κ2) is 5.91. The highest BCUT2D eigenvalue weighted by atomic mass is 35.5. The molecule has 2 rings (SSSR count). The third-order valence-corrected chi connectivity index (χ3v) is 4.69. The van der Waals surface area contributed by atoms with Gasteiger partial charge in [0, 0.05) is 11.3 Å². The second-order valence-electron chi connectivity index (χ2n) is 4.25. The fourth-order valence-corrected chi connectivity index (χ4v) is 3.29. The first-order valence-corrected chi connectivity index (χ1v) is 7.48. The molecular weight excluding hydrogens is 266 g/mol. The van der Waals surface area contributed by atoms with Crippen molar-refractivity contribution in [3.05, 3.63) is 44.5 Å². The summed E-state index contributed by atoms with van der Waals surface area (Å²) in [7, 11) is 0. The number of hydrogen-bond donors (Lipinski definition) is 1. The predicted octanol–water partition coefficient (Wildman–Crippen LogP) is 4.56. The maximum absolute atomic E-state index is 6.36. The van der Waals surface area contributed by atoms with Crippen LogP contribution in [0, 0.1) is 6.92 Å². The number of hydrogen-bond acceptors (Lipinski definition) is 3. The van der Waals surface area contributed by atoms with Crippen LogP contribution in [0.3, 0.4) is 0 Å². The average Bonchev–Trinajstić information content (AvgIpc) is 2.96. The molecule has 0 aliphatic heterocycles. The van der Waals surface area contributed by atoms with E-state index in [-0.39, 0.29) is 6.04 Å². The normalized spacial score (nSPS) is 12.9. The smallest absolute Gasteiger partial charge is 0.126 e. The largest absolute Gasteiger partial charge is 0.464 e. The Morgan fingerprint density at radius 3 is 2.67 bits per heavy atom. The molecule has 0 aliphatic rings. The number of furan rings is 1. The lowest BCUT2D eigenvalue weighted by Crippen LogP contribution is -2.20. The maximum Gasteiger partial charge on any atom is 0.126 e. The molecule has 98 valence electrons.